The van der Waals surface area contributed by atoms with Crippen LogP contribution in [0.3, 0.4) is 0 Å². The van der Waals surface area contributed by atoms with Crippen LogP contribution in [-0.4, -0.2) is 17.1 Å². The van der Waals surface area contributed by atoms with Crippen molar-refractivity contribution in [3.63, 3.8) is 0 Å². The van der Waals surface area contributed by atoms with E-state index in [2.05, 4.69) is 0 Å². The second kappa shape index (κ2) is 4.99. The van der Waals surface area contributed by atoms with Gasteiger partial charge in [0.2, 0.25) is 5.92 Å². The zero-order chi connectivity index (χ0) is 11.6. The highest BCUT2D eigenvalue weighted by Gasteiger charge is 2.37. The van der Waals surface area contributed by atoms with Crippen molar-refractivity contribution in [1.82, 2.24) is 0 Å². The van der Waals surface area contributed by atoms with Crippen molar-refractivity contribution in [1.29, 1.82) is 0 Å². The average Bonchev–Trinajstić information content (AvgIpc) is 2.70. The summed E-state index contributed by atoms with van der Waals surface area (Å²) >= 11 is 0. The normalized spacial score (nSPS) is 29.4. The summed E-state index contributed by atoms with van der Waals surface area (Å²) in [5.41, 5.74) is 0. The summed E-state index contributed by atoms with van der Waals surface area (Å²) in [7, 11) is 0. The molecule has 16 heavy (non-hydrogen) atoms. The molecular formula is C13H22F2O. The van der Waals surface area contributed by atoms with Gasteiger partial charge in [-0.2, -0.15) is 0 Å². The lowest BCUT2D eigenvalue weighted by Crippen LogP contribution is -2.31. The van der Waals surface area contributed by atoms with Gasteiger partial charge in [-0.25, -0.2) is 8.78 Å². The van der Waals surface area contributed by atoms with Crippen LogP contribution in [0.4, 0.5) is 8.78 Å². The molecule has 1 N–H and O–H groups in total. The Balaban J connectivity index is 1.75. The minimum absolute atomic E-state index is 0.0284. The van der Waals surface area contributed by atoms with Gasteiger partial charge < -0.3 is 5.11 Å². The molecule has 0 aromatic carbocycles. The number of alkyl halides is 2. The molecule has 2 fully saturated rings. The summed E-state index contributed by atoms with van der Waals surface area (Å²) in [6.07, 6.45) is 6.45. The number of rotatable bonds is 3. The van der Waals surface area contributed by atoms with E-state index < -0.39 is 5.92 Å². The number of aliphatic hydroxyl groups excluding tert-OH is 1. The fraction of sp³-hybridized carbons (Fsp3) is 1.00. The predicted octanol–water partition coefficient (Wildman–Crippen LogP) is 3.75. The zero-order valence-electron chi connectivity index (χ0n) is 9.80. The van der Waals surface area contributed by atoms with E-state index in [1.54, 1.807) is 0 Å². The summed E-state index contributed by atoms with van der Waals surface area (Å²) in [6.45, 7) is 0. The van der Waals surface area contributed by atoms with Gasteiger partial charge in [-0.3, -0.25) is 0 Å². The average molecular weight is 232 g/mol. The van der Waals surface area contributed by atoms with Crippen molar-refractivity contribution in [3.8, 4) is 0 Å². The molecule has 0 radical (unpaired) electrons. The Morgan fingerprint density at radius 2 is 1.62 bits per heavy atom. The Morgan fingerprint density at radius 3 is 2.19 bits per heavy atom. The number of hydrogen-bond donors (Lipinski definition) is 1. The van der Waals surface area contributed by atoms with Gasteiger partial charge in [0.15, 0.2) is 0 Å². The van der Waals surface area contributed by atoms with E-state index in [0.717, 1.165) is 6.42 Å². The fourth-order valence-electron chi connectivity index (χ4n) is 3.23. The summed E-state index contributed by atoms with van der Waals surface area (Å²) in [5.74, 6) is -1.69. The first-order valence-electron chi connectivity index (χ1n) is 6.63. The monoisotopic (exact) mass is 232 g/mol. The molecule has 94 valence electrons. The van der Waals surface area contributed by atoms with Gasteiger partial charge in [0.05, 0.1) is 6.10 Å². The molecule has 0 amide bonds. The van der Waals surface area contributed by atoms with Crippen LogP contribution in [0.25, 0.3) is 0 Å². The molecule has 2 aliphatic carbocycles. The van der Waals surface area contributed by atoms with Crippen molar-refractivity contribution < 1.29 is 13.9 Å². The highest BCUT2D eigenvalue weighted by Crippen LogP contribution is 2.39. The van der Waals surface area contributed by atoms with Crippen LogP contribution in [-0.2, 0) is 0 Å². The maximum atomic E-state index is 13.0. The van der Waals surface area contributed by atoms with Crippen LogP contribution in [0.5, 0.6) is 0 Å². The number of halogens is 2. The molecule has 0 aromatic rings. The molecule has 3 heteroatoms. The molecule has 2 saturated carbocycles. The van der Waals surface area contributed by atoms with Crippen LogP contribution in [0, 0.1) is 11.8 Å². The second-order valence-electron chi connectivity index (χ2n) is 5.65. The van der Waals surface area contributed by atoms with Gasteiger partial charge in [0.1, 0.15) is 0 Å². The summed E-state index contributed by atoms with van der Waals surface area (Å²) in [6, 6.07) is 0. The molecular weight excluding hydrogens is 210 g/mol. The first-order valence-corrected chi connectivity index (χ1v) is 6.63. The Morgan fingerprint density at radius 1 is 1.06 bits per heavy atom. The Labute approximate surface area is 96.2 Å². The molecule has 1 atom stereocenters. The minimum Gasteiger partial charge on any atom is -0.393 e. The van der Waals surface area contributed by atoms with Crippen LogP contribution in [0.2, 0.25) is 0 Å². The standard InChI is InChI=1S/C13H22F2O/c14-13(15)7-5-11(6-8-13)12(16)9-10-3-1-2-4-10/h10-12,16H,1-9H2. The van der Waals surface area contributed by atoms with Crippen LogP contribution < -0.4 is 0 Å². The molecule has 0 spiro atoms. The smallest absolute Gasteiger partial charge is 0.248 e. The molecule has 0 aromatic heterocycles. The highest BCUT2D eigenvalue weighted by atomic mass is 19.3. The van der Waals surface area contributed by atoms with Crippen LogP contribution in [0.1, 0.15) is 57.8 Å². The highest BCUT2D eigenvalue weighted by molar-refractivity contribution is 4.83. The second-order valence-corrected chi connectivity index (χ2v) is 5.65. The maximum Gasteiger partial charge on any atom is 0.248 e. The molecule has 2 aliphatic rings. The molecule has 1 nitrogen and oxygen atoms in total. The van der Waals surface area contributed by atoms with E-state index in [9.17, 15) is 13.9 Å². The third-order valence-corrected chi connectivity index (χ3v) is 4.36. The lowest BCUT2D eigenvalue weighted by Gasteiger charge is -2.32. The van der Waals surface area contributed by atoms with Crippen molar-refractivity contribution in [3.05, 3.63) is 0 Å². The summed E-state index contributed by atoms with van der Waals surface area (Å²) < 4.78 is 25.9. The SMILES string of the molecule is OC(CC1CCCC1)C1CCC(F)(F)CC1. The van der Waals surface area contributed by atoms with Gasteiger partial charge in [-0.1, -0.05) is 25.7 Å². The Kier molecular flexibility index (Phi) is 3.83. The van der Waals surface area contributed by atoms with Crippen LogP contribution in [0.15, 0.2) is 0 Å². The first-order chi connectivity index (χ1) is 7.57. The Hall–Kier alpha value is -0.180. The molecule has 1 unspecified atom stereocenters. The van der Waals surface area contributed by atoms with Crippen molar-refractivity contribution >= 4 is 0 Å². The largest absolute Gasteiger partial charge is 0.393 e. The number of hydrogen-bond acceptors (Lipinski definition) is 1. The van der Waals surface area contributed by atoms with Crippen molar-refractivity contribution in [2.24, 2.45) is 11.8 Å². The summed E-state index contributed by atoms with van der Waals surface area (Å²) in [4.78, 5) is 0. The third-order valence-electron chi connectivity index (χ3n) is 4.36. The molecule has 0 saturated heterocycles. The van der Waals surface area contributed by atoms with Gasteiger partial charge >= 0.3 is 0 Å². The van der Waals surface area contributed by atoms with Crippen molar-refractivity contribution in [2.75, 3.05) is 0 Å². The predicted molar refractivity (Wildman–Crippen MR) is 59.5 cm³/mol. The van der Waals surface area contributed by atoms with E-state index in [0.29, 0.717) is 18.8 Å². The zero-order valence-corrected chi connectivity index (χ0v) is 9.80. The lowest BCUT2D eigenvalue weighted by atomic mass is 9.80. The maximum absolute atomic E-state index is 13.0. The third kappa shape index (κ3) is 3.16. The van der Waals surface area contributed by atoms with E-state index in [4.69, 9.17) is 0 Å². The minimum atomic E-state index is -2.47. The van der Waals surface area contributed by atoms with Crippen molar-refractivity contribution in [2.45, 2.75) is 69.8 Å². The number of aliphatic hydroxyl groups is 1. The first kappa shape index (κ1) is 12.3. The molecule has 0 bridgehead atoms. The lowest BCUT2D eigenvalue weighted by molar-refractivity contribution is -0.0645. The van der Waals surface area contributed by atoms with Crippen LogP contribution >= 0.6 is 0 Å². The van der Waals surface area contributed by atoms with E-state index in [-0.39, 0.29) is 24.9 Å². The van der Waals surface area contributed by atoms with E-state index >= 15 is 0 Å². The molecule has 0 heterocycles. The van der Waals surface area contributed by atoms with E-state index in [1.165, 1.54) is 25.7 Å². The topological polar surface area (TPSA) is 20.2 Å². The van der Waals surface area contributed by atoms with Gasteiger partial charge in [0.25, 0.3) is 0 Å². The fourth-order valence-corrected chi connectivity index (χ4v) is 3.23. The summed E-state index contributed by atoms with van der Waals surface area (Å²) in [5, 5.41) is 10.1. The molecule has 2 rings (SSSR count). The quantitative estimate of drug-likeness (QED) is 0.785. The van der Waals surface area contributed by atoms with Gasteiger partial charge in [0, 0.05) is 12.8 Å². The Bertz CT molecular complexity index is 214. The molecule has 0 aliphatic heterocycles. The van der Waals surface area contributed by atoms with Gasteiger partial charge in [-0.15, -0.1) is 0 Å². The van der Waals surface area contributed by atoms with Gasteiger partial charge in [-0.05, 0) is 31.1 Å². The van der Waals surface area contributed by atoms with E-state index in [1.807, 2.05) is 0 Å².